The van der Waals surface area contributed by atoms with Crippen molar-refractivity contribution in [1.29, 1.82) is 0 Å². The lowest BCUT2D eigenvalue weighted by Gasteiger charge is -2.35. The van der Waals surface area contributed by atoms with E-state index < -0.39 is 0 Å². The number of piperazine rings is 1. The molecule has 1 heterocycles. The summed E-state index contributed by atoms with van der Waals surface area (Å²) in [5.41, 5.74) is 2.71. The summed E-state index contributed by atoms with van der Waals surface area (Å²) in [4.78, 5) is 19.3. The van der Waals surface area contributed by atoms with Gasteiger partial charge in [-0.3, -0.25) is 14.6 Å². The van der Waals surface area contributed by atoms with Gasteiger partial charge in [-0.25, -0.2) is 0 Å². The Morgan fingerprint density at radius 1 is 1.04 bits per heavy atom. The highest BCUT2D eigenvalue weighted by Gasteiger charge is 2.21. The van der Waals surface area contributed by atoms with Gasteiger partial charge in [-0.05, 0) is 25.3 Å². The molecule has 1 fully saturated rings. The number of carbonyl (C=O) groups is 1. The van der Waals surface area contributed by atoms with Crippen LogP contribution in [0, 0.1) is 6.92 Å². The molecule has 4 heteroatoms. The van der Waals surface area contributed by atoms with Crippen molar-refractivity contribution in [2.45, 2.75) is 40.2 Å². The Balaban J connectivity index is 1.76. The first-order chi connectivity index (χ1) is 11.6. The largest absolute Gasteiger partial charge is 0.342 e. The van der Waals surface area contributed by atoms with E-state index in [9.17, 15) is 4.79 Å². The summed E-state index contributed by atoms with van der Waals surface area (Å²) in [6, 6.07) is 8.75. The van der Waals surface area contributed by atoms with Gasteiger partial charge in [0.05, 0.1) is 6.54 Å². The first kappa shape index (κ1) is 18.9. The second-order valence-electron chi connectivity index (χ2n) is 6.92. The summed E-state index contributed by atoms with van der Waals surface area (Å²) in [6.45, 7) is 13.9. The molecule has 0 radical (unpaired) electrons. The first-order valence-electron chi connectivity index (χ1n) is 9.40. The van der Waals surface area contributed by atoms with E-state index in [1.807, 2.05) is 4.90 Å². The lowest BCUT2D eigenvalue weighted by molar-refractivity contribution is -0.133. The van der Waals surface area contributed by atoms with Crippen LogP contribution in [0.3, 0.4) is 0 Å². The SMILES string of the molecule is CCCN(CCC)C(=O)CN1CCN(Cc2cccc(C)c2)CC1. The molecule has 0 bridgehead atoms. The Kier molecular flexibility index (Phi) is 7.73. The maximum absolute atomic E-state index is 12.5. The van der Waals surface area contributed by atoms with Crippen LogP contribution < -0.4 is 0 Å². The molecule has 0 aliphatic carbocycles. The zero-order valence-electron chi connectivity index (χ0n) is 15.6. The Morgan fingerprint density at radius 3 is 2.25 bits per heavy atom. The fraction of sp³-hybridized carbons (Fsp3) is 0.650. The fourth-order valence-corrected chi connectivity index (χ4v) is 3.37. The molecule has 134 valence electrons. The molecule has 0 aromatic heterocycles. The van der Waals surface area contributed by atoms with Crippen molar-refractivity contribution in [3.05, 3.63) is 35.4 Å². The number of amides is 1. The molecule has 1 aromatic rings. The minimum Gasteiger partial charge on any atom is -0.342 e. The summed E-state index contributed by atoms with van der Waals surface area (Å²) in [5, 5.41) is 0. The van der Waals surface area contributed by atoms with E-state index >= 15 is 0 Å². The normalized spacial score (nSPS) is 16.3. The first-order valence-corrected chi connectivity index (χ1v) is 9.40. The maximum atomic E-state index is 12.5. The van der Waals surface area contributed by atoms with Gasteiger partial charge in [0.1, 0.15) is 0 Å². The highest BCUT2D eigenvalue weighted by Crippen LogP contribution is 2.10. The topological polar surface area (TPSA) is 26.8 Å². The summed E-state index contributed by atoms with van der Waals surface area (Å²) in [5.74, 6) is 0.297. The van der Waals surface area contributed by atoms with Crippen LogP contribution in [0.15, 0.2) is 24.3 Å². The molecule has 0 saturated carbocycles. The van der Waals surface area contributed by atoms with Crippen molar-refractivity contribution in [2.75, 3.05) is 45.8 Å². The summed E-state index contributed by atoms with van der Waals surface area (Å²) >= 11 is 0. The van der Waals surface area contributed by atoms with Gasteiger partial charge in [0.25, 0.3) is 0 Å². The number of nitrogens with zero attached hydrogens (tertiary/aromatic N) is 3. The highest BCUT2D eigenvalue weighted by atomic mass is 16.2. The molecular formula is C20H33N3O. The molecule has 1 aromatic carbocycles. The van der Waals surface area contributed by atoms with E-state index in [0.717, 1.165) is 58.7 Å². The lowest BCUT2D eigenvalue weighted by Crippen LogP contribution is -2.49. The van der Waals surface area contributed by atoms with Crippen molar-refractivity contribution >= 4 is 5.91 Å². The van der Waals surface area contributed by atoms with Gasteiger partial charge in [-0.2, -0.15) is 0 Å². The van der Waals surface area contributed by atoms with Crippen LogP contribution in [0.1, 0.15) is 37.8 Å². The van der Waals surface area contributed by atoms with Gasteiger partial charge >= 0.3 is 0 Å². The third-order valence-electron chi connectivity index (χ3n) is 4.65. The van der Waals surface area contributed by atoms with Gasteiger partial charge in [-0.15, -0.1) is 0 Å². The molecule has 0 spiro atoms. The van der Waals surface area contributed by atoms with Gasteiger partial charge in [-0.1, -0.05) is 43.7 Å². The molecule has 1 saturated heterocycles. The molecule has 2 rings (SSSR count). The molecular weight excluding hydrogens is 298 g/mol. The monoisotopic (exact) mass is 331 g/mol. The molecule has 0 N–H and O–H groups in total. The Hall–Kier alpha value is -1.39. The maximum Gasteiger partial charge on any atom is 0.236 e. The van der Waals surface area contributed by atoms with Gasteiger partial charge in [0.15, 0.2) is 0 Å². The average molecular weight is 332 g/mol. The molecule has 24 heavy (non-hydrogen) atoms. The molecule has 0 atom stereocenters. The molecule has 4 nitrogen and oxygen atoms in total. The number of hydrogen-bond acceptors (Lipinski definition) is 3. The van der Waals surface area contributed by atoms with Crippen LogP contribution in [0.2, 0.25) is 0 Å². The third kappa shape index (κ3) is 5.91. The Morgan fingerprint density at radius 2 is 1.67 bits per heavy atom. The quantitative estimate of drug-likeness (QED) is 0.733. The van der Waals surface area contributed by atoms with Crippen LogP contribution in [-0.4, -0.2) is 66.4 Å². The van der Waals surface area contributed by atoms with E-state index in [-0.39, 0.29) is 0 Å². The second-order valence-corrected chi connectivity index (χ2v) is 6.92. The Bertz CT molecular complexity index is 503. The van der Waals surface area contributed by atoms with Crippen LogP contribution in [0.4, 0.5) is 0 Å². The number of hydrogen-bond donors (Lipinski definition) is 0. The van der Waals surface area contributed by atoms with E-state index in [1.54, 1.807) is 0 Å². The van der Waals surface area contributed by atoms with Crippen LogP contribution in [-0.2, 0) is 11.3 Å². The van der Waals surface area contributed by atoms with Crippen LogP contribution in [0.25, 0.3) is 0 Å². The highest BCUT2D eigenvalue weighted by molar-refractivity contribution is 5.78. The van der Waals surface area contributed by atoms with E-state index in [4.69, 9.17) is 0 Å². The summed E-state index contributed by atoms with van der Waals surface area (Å²) in [6.07, 6.45) is 2.08. The van der Waals surface area contributed by atoms with Crippen LogP contribution in [0.5, 0.6) is 0 Å². The number of aryl methyl sites for hydroxylation is 1. The van der Waals surface area contributed by atoms with Crippen molar-refractivity contribution in [3.63, 3.8) is 0 Å². The van der Waals surface area contributed by atoms with E-state index in [1.165, 1.54) is 11.1 Å². The van der Waals surface area contributed by atoms with Crippen LogP contribution >= 0.6 is 0 Å². The summed E-state index contributed by atoms with van der Waals surface area (Å²) in [7, 11) is 0. The molecule has 1 aliphatic heterocycles. The minimum absolute atomic E-state index is 0.297. The third-order valence-corrected chi connectivity index (χ3v) is 4.65. The average Bonchev–Trinajstić information content (AvgIpc) is 2.56. The number of benzene rings is 1. The molecule has 1 aliphatic rings. The number of rotatable bonds is 8. The summed E-state index contributed by atoms with van der Waals surface area (Å²) < 4.78 is 0. The second kappa shape index (κ2) is 9.80. The minimum atomic E-state index is 0.297. The Labute approximate surface area is 147 Å². The van der Waals surface area contributed by atoms with Crippen molar-refractivity contribution < 1.29 is 4.79 Å². The number of carbonyl (C=O) groups excluding carboxylic acids is 1. The zero-order chi connectivity index (χ0) is 17.4. The van der Waals surface area contributed by atoms with Crippen molar-refractivity contribution in [2.24, 2.45) is 0 Å². The standard InChI is InChI=1S/C20H33N3O/c1-4-9-23(10-5-2)20(24)17-22-13-11-21(12-14-22)16-19-8-6-7-18(3)15-19/h6-8,15H,4-5,9-14,16-17H2,1-3H3. The zero-order valence-corrected chi connectivity index (χ0v) is 15.6. The van der Waals surface area contributed by atoms with Crippen molar-refractivity contribution in [1.82, 2.24) is 14.7 Å². The predicted octanol–water partition coefficient (Wildman–Crippen LogP) is 2.76. The fourth-order valence-electron chi connectivity index (χ4n) is 3.37. The molecule has 0 unspecified atom stereocenters. The molecule has 1 amide bonds. The van der Waals surface area contributed by atoms with Gasteiger partial charge in [0, 0.05) is 45.8 Å². The van der Waals surface area contributed by atoms with Crippen molar-refractivity contribution in [3.8, 4) is 0 Å². The predicted molar refractivity (Wildman–Crippen MR) is 100 cm³/mol. The smallest absolute Gasteiger partial charge is 0.236 e. The van der Waals surface area contributed by atoms with Gasteiger partial charge < -0.3 is 4.90 Å². The van der Waals surface area contributed by atoms with E-state index in [0.29, 0.717) is 12.5 Å². The lowest BCUT2D eigenvalue weighted by atomic mass is 10.1. The van der Waals surface area contributed by atoms with E-state index in [2.05, 4.69) is 54.8 Å². The van der Waals surface area contributed by atoms with Gasteiger partial charge in [0.2, 0.25) is 5.91 Å².